The zero-order valence-corrected chi connectivity index (χ0v) is 20.3. The molecule has 2 aliphatic heterocycles. The van der Waals surface area contributed by atoms with Crippen LogP contribution >= 0.6 is 0 Å². The van der Waals surface area contributed by atoms with Crippen molar-refractivity contribution < 1.29 is 29.3 Å². The average Bonchev–Trinajstić information content (AvgIpc) is 3.22. The standard InChI is InChI=1S/C24H42N2O6/c1-14(2)21-23(30)26-12-8-11-18(26)24(31)32-20(13-19(28)17(5)22(29)25-21)15(3)9-6-7-10-16(4)27/h14-21,27-28H,6-13H2,1-5H3,(H,25,29)/t15?,16?,17?,18-,19?,20?,21+/m0/s1. The lowest BCUT2D eigenvalue weighted by Crippen LogP contribution is -2.56. The molecule has 32 heavy (non-hydrogen) atoms. The fourth-order valence-corrected chi connectivity index (χ4v) is 4.59. The maximum Gasteiger partial charge on any atom is 0.329 e. The number of rotatable bonds is 7. The predicted octanol–water partition coefficient (Wildman–Crippen LogP) is 2.01. The predicted molar refractivity (Wildman–Crippen MR) is 120 cm³/mol. The molecule has 8 nitrogen and oxygen atoms in total. The Morgan fingerprint density at radius 1 is 1.12 bits per heavy atom. The number of aliphatic hydroxyl groups is 2. The molecule has 2 aliphatic rings. The van der Waals surface area contributed by atoms with Crippen molar-refractivity contribution in [2.45, 2.75) is 110 Å². The molecule has 0 saturated carbocycles. The summed E-state index contributed by atoms with van der Waals surface area (Å²) in [4.78, 5) is 40.7. The third-order valence-corrected chi connectivity index (χ3v) is 6.94. The molecule has 2 amide bonds. The summed E-state index contributed by atoms with van der Waals surface area (Å²) in [6, 6.07) is -1.40. The second-order valence-corrected chi connectivity index (χ2v) is 10.1. The number of amides is 2. The molecule has 2 saturated heterocycles. The van der Waals surface area contributed by atoms with Crippen molar-refractivity contribution in [3.05, 3.63) is 0 Å². The Kier molecular flexibility index (Phi) is 9.95. The number of fused-ring (bicyclic) bond motifs is 1. The third kappa shape index (κ3) is 6.91. The van der Waals surface area contributed by atoms with Gasteiger partial charge in [-0.15, -0.1) is 0 Å². The van der Waals surface area contributed by atoms with Gasteiger partial charge in [0.1, 0.15) is 18.2 Å². The Balaban J connectivity index is 2.23. The minimum Gasteiger partial charge on any atom is -0.460 e. The van der Waals surface area contributed by atoms with E-state index in [-0.39, 0.29) is 36.2 Å². The van der Waals surface area contributed by atoms with Crippen molar-refractivity contribution in [1.82, 2.24) is 10.2 Å². The van der Waals surface area contributed by atoms with Crippen LogP contribution in [0, 0.1) is 17.8 Å². The summed E-state index contributed by atoms with van der Waals surface area (Å²) in [5.74, 6) is -1.96. The van der Waals surface area contributed by atoms with Crippen LogP contribution in [-0.2, 0) is 19.1 Å². The first-order valence-electron chi connectivity index (χ1n) is 12.2. The van der Waals surface area contributed by atoms with Crippen LogP contribution in [0.3, 0.4) is 0 Å². The van der Waals surface area contributed by atoms with Crippen LogP contribution in [0.2, 0.25) is 0 Å². The molecule has 0 aromatic heterocycles. The van der Waals surface area contributed by atoms with Crippen LogP contribution in [0.5, 0.6) is 0 Å². The molecule has 8 heteroatoms. The maximum atomic E-state index is 13.2. The van der Waals surface area contributed by atoms with E-state index in [1.165, 1.54) is 0 Å². The van der Waals surface area contributed by atoms with Crippen LogP contribution in [-0.4, -0.2) is 69.8 Å². The second-order valence-electron chi connectivity index (χ2n) is 10.1. The lowest BCUT2D eigenvalue weighted by atomic mass is 9.89. The van der Waals surface area contributed by atoms with E-state index in [0.29, 0.717) is 25.8 Å². The molecule has 184 valence electrons. The van der Waals surface area contributed by atoms with E-state index in [0.717, 1.165) is 19.3 Å². The molecule has 0 aliphatic carbocycles. The van der Waals surface area contributed by atoms with E-state index in [1.54, 1.807) is 18.7 Å². The monoisotopic (exact) mass is 454 g/mol. The highest BCUT2D eigenvalue weighted by atomic mass is 16.5. The van der Waals surface area contributed by atoms with Gasteiger partial charge in [0, 0.05) is 13.0 Å². The molecular weight excluding hydrogens is 412 g/mol. The van der Waals surface area contributed by atoms with Gasteiger partial charge in [-0.25, -0.2) is 4.79 Å². The van der Waals surface area contributed by atoms with E-state index < -0.39 is 36.2 Å². The van der Waals surface area contributed by atoms with Gasteiger partial charge in [-0.05, 0) is 44.4 Å². The maximum absolute atomic E-state index is 13.2. The Morgan fingerprint density at radius 3 is 2.41 bits per heavy atom. The lowest BCUT2D eigenvalue weighted by Gasteiger charge is -2.35. The normalized spacial score (nSPS) is 31.9. The molecule has 3 N–H and O–H groups in total. The van der Waals surface area contributed by atoms with Crippen molar-refractivity contribution in [3.63, 3.8) is 0 Å². The zero-order valence-electron chi connectivity index (χ0n) is 20.3. The molecule has 2 heterocycles. The first kappa shape index (κ1) is 26.6. The molecule has 0 aromatic rings. The smallest absolute Gasteiger partial charge is 0.329 e. The first-order chi connectivity index (χ1) is 15.0. The summed E-state index contributed by atoms with van der Waals surface area (Å²) in [6.45, 7) is 9.56. The number of cyclic esters (lactones) is 1. The Hall–Kier alpha value is -1.67. The highest BCUT2D eigenvalue weighted by molar-refractivity contribution is 5.92. The SMILES string of the molecule is CC(O)CCCCC(C)C1CC(O)C(C)C(=O)N[C@H](C(C)C)C(=O)N2CCC[C@H]2C(=O)O1. The van der Waals surface area contributed by atoms with Gasteiger partial charge in [-0.2, -0.15) is 0 Å². The van der Waals surface area contributed by atoms with Crippen LogP contribution < -0.4 is 5.32 Å². The summed E-state index contributed by atoms with van der Waals surface area (Å²) in [5.41, 5.74) is 0. The van der Waals surface area contributed by atoms with E-state index in [2.05, 4.69) is 5.32 Å². The van der Waals surface area contributed by atoms with Gasteiger partial charge in [0.15, 0.2) is 0 Å². The van der Waals surface area contributed by atoms with Crippen molar-refractivity contribution in [2.75, 3.05) is 6.54 Å². The summed E-state index contributed by atoms with van der Waals surface area (Å²) >= 11 is 0. The Morgan fingerprint density at radius 2 is 1.78 bits per heavy atom. The fourth-order valence-electron chi connectivity index (χ4n) is 4.59. The van der Waals surface area contributed by atoms with E-state index in [1.807, 2.05) is 20.8 Å². The average molecular weight is 455 g/mol. The number of nitrogens with zero attached hydrogens (tertiary/aromatic N) is 1. The van der Waals surface area contributed by atoms with Gasteiger partial charge in [0.25, 0.3) is 0 Å². The fraction of sp³-hybridized carbons (Fsp3) is 0.875. The summed E-state index contributed by atoms with van der Waals surface area (Å²) in [7, 11) is 0. The number of carbonyl (C=O) groups is 3. The number of esters is 1. The van der Waals surface area contributed by atoms with Crippen molar-refractivity contribution in [2.24, 2.45) is 17.8 Å². The number of hydrogen-bond acceptors (Lipinski definition) is 6. The summed E-state index contributed by atoms with van der Waals surface area (Å²) in [5, 5.41) is 23.1. The highest BCUT2D eigenvalue weighted by Gasteiger charge is 2.42. The molecule has 0 radical (unpaired) electrons. The number of unbranched alkanes of at least 4 members (excludes halogenated alkanes) is 1. The number of hydrogen-bond donors (Lipinski definition) is 3. The minimum absolute atomic E-state index is 0.0187. The molecule has 0 spiro atoms. The van der Waals surface area contributed by atoms with Crippen LogP contribution in [0.25, 0.3) is 0 Å². The number of ether oxygens (including phenoxy) is 1. The van der Waals surface area contributed by atoms with Gasteiger partial charge < -0.3 is 25.2 Å². The zero-order chi connectivity index (χ0) is 24.0. The van der Waals surface area contributed by atoms with Gasteiger partial charge in [0.05, 0.1) is 18.1 Å². The number of aliphatic hydroxyl groups excluding tert-OH is 2. The topological polar surface area (TPSA) is 116 Å². The van der Waals surface area contributed by atoms with Crippen LogP contribution in [0.1, 0.15) is 79.6 Å². The Labute approximate surface area is 192 Å². The quantitative estimate of drug-likeness (QED) is 0.400. The van der Waals surface area contributed by atoms with Crippen molar-refractivity contribution >= 4 is 17.8 Å². The van der Waals surface area contributed by atoms with Crippen molar-refractivity contribution in [3.8, 4) is 0 Å². The number of carbonyl (C=O) groups excluding carboxylic acids is 3. The van der Waals surface area contributed by atoms with Crippen molar-refractivity contribution in [1.29, 1.82) is 0 Å². The largest absolute Gasteiger partial charge is 0.460 e. The molecule has 2 rings (SSSR count). The summed E-state index contributed by atoms with van der Waals surface area (Å²) < 4.78 is 5.90. The van der Waals surface area contributed by atoms with Gasteiger partial charge in [-0.3, -0.25) is 9.59 Å². The van der Waals surface area contributed by atoms with Crippen LogP contribution in [0.15, 0.2) is 0 Å². The van der Waals surface area contributed by atoms with E-state index in [9.17, 15) is 24.6 Å². The molecule has 0 bridgehead atoms. The molecule has 5 unspecified atom stereocenters. The molecule has 7 atom stereocenters. The summed E-state index contributed by atoms with van der Waals surface area (Å²) in [6.07, 6.45) is 2.78. The Bertz CT molecular complexity index is 652. The second kappa shape index (κ2) is 12.0. The van der Waals surface area contributed by atoms with Gasteiger partial charge >= 0.3 is 5.97 Å². The van der Waals surface area contributed by atoms with Crippen LogP contribution in [0.4, 0.5) is 0 Å². The lowest BCUT2D eigenvalue weighted by molar-refractivity contribution is -0.164. The van der Waals surface area contributed by atoms with E-state index >= 15 is 0 Å². The highest BCUT2D eigenvalue weighted by Crippen LogP contribution is 2.27. The van der Waals surface area contributed by atoms with Gasteiger partial charge in [-0.1, -0.05) is 40.5 Å². The minimum atomic E-state index is -0.991. The van der Waals surface area contributed by atoms with E-state index in [4.69, 9.17) is 4.74 Å². The molecular formula is C24H42N2O6. The number of nitrogens with one attached hydrogen (secondary N) is 1. The van der Waals surface area contributed by atoms with Gasteiger partial charge in [0.2, 0.25) is 11.8 Å². The molecule has 2 fully saturated rings. The third-order valence-electron chi connectivity index (χ3n) is 6.94. The molecule has 0 aromatic carbocycles. The first-order valence-corrected chi connectivity index (χ1v) is 12.2.